The van der Waals surface area contributed by atoms with Gasteiger partial charge in [0.2, 0.25) is 0 Å². The van der Waals surface area contributed by atoms with Crippen LogP contribution in [0.1, 0.15) is 5.56 Å². The van der Waals surface area contributed by atoms with Crippen LogP contribution in [0.3, 0.4) is 0 Å². The molecule has 0 atom stereocenters. The molecule has 0 fully saturated rings. The SMILES string of the molecule is Cc1ccc(S(=O)(=O)O)cc1.O=C(O)C=CC(=O)O. The first-order chi connectivity index (χ1) is 8.62. The Hall–Kier alpha value is -2.19. The highest BCUT2D eigenvalue weighted by molar-refractivity contribution is 7.85. The first-order valence-corrected chi connectivity index (χ1v) is 6.25. The molecule has 104 valence electrons. The maximum absolute atomic E-state index is 10.5. The van der Waals surface area contributed by atoms with Gasteiger partial charge in [0.05, 0.1) is 4.90 Å². The van der Waals surface area contributed by atoms with Crippen LogP contribution in [0.4, 0.5) is 0 Å². The maximum atomic E-state index is 10.5. The average Bonchev–Trinajstić information content (AvgIpc) is 2.26. The Balaban J connectivity index is 0.000000362. The molecule has 7 nitrogen and oxygen atoms in total. The van der Waals surface area contributed by atoms with Gasteiger partial charge in [-0.1, -0.05) is 17.7 Å². The van der Waals surface area contributed by atoms with Crippen molar-refractivity contribution in [1.82, 2.24) is 0 Å². The van der Waals surface area contributed by atoms with E-state index in [0.29, 0.717) is 12.2 Å². The normalized spacial score (nSPS) is 10.6. The first-order valence-electron chi connectivity index (χ1n) is 4.81. The second-order valence-electron chi connectivity index (χ2n) is 3.30. The molecule has 8 heteroatoms. The van der Waals surface area contributed by atoms with Crippen molar-refractivity contribution in [3.8, 4) is 0 Å². The van der Waals surface area contributed by atoms with Crippen molar-refractivity contribution in [2.75, 3.05) is 0 Å². The molecule has 3 N–H and O–H groups in total. The summed E-state index contributed by atoms with van der Waals surface area (Å²) in [6.45, 7) is 1.84. The van der Waals surface area contributed by atoms with Gasteiger partial charge in [0.25, 0.3) is 10.1 Å². The number of hydrogen-bond acceptors (Lipinski definition) is 4. The topological polar surface area (TPSA) is 129 Å². The summed E-state index contributed by atoms with van der Waals surface area (Å²) in [4.78, 5) is 19.0. The number of carbonyl (C=O) groups is 2. The Morgan fingerprint density at radius 1 is 1.00 bits per heavy atom. The van der Waals surface area contributed by atoms with Crippen molar-refractivity contribution in [2.45, 2.75) is 11.8 Å². The molecule has 0 saturated heterocycles. The van der Waals surface area contributed by atoms with Crippen molar-refractivity contribution >= 4 is 22.1 Å². The second-order valence-corrected chi connectivity index (χ2v) is 4.72. The summed E-state index contributed by atoms with van der Waals surface area (Å²) in [5, 5.41) is 15.6. The Labute approximate surface area is 109 Å². The zero-order chi connectivity index (χ0) is 15.1. The summed E-state index contributed by atoms with van der Waals surface area (Å²) >= 11 is 0. The summed E-state index contributed by atoms with van der Waals surface area (Å²) in [6.07, 6.45) is 1.12. The van der Waals surface area contributed by atoms with Crippen molar-refractivity contribution < 1.29 is 32.8 Å². The number of aryl methyl sites for hydroxylation is 1. The number of carboxylic acid groups (broad SMARTS) is 2. The Kier molecular flexibility index (Phi) is 6.45. The lowest BCUT2D eigenvalue weighted by atomic mass is 10.2. The van der Waals surface area contributed by atoms with E-state index in [1.165, 1.54) is 12.1 Å². The van der Waals surface area contributed by atoms with E-state index >= 15 is 0 Å². The molecule has 0 bridgehead atoms. The van der Waals surface area contributed by atoms with Gasteiger partial charge < -0.3 is 10.2 Å². The van der Waals surface area contributed by atoms with Crippen LogP contribution in [0, 0.1) is 6.92 Å². The molecule has 0 saturated carbocycles. The van der Waals surface area contributed by atoms with Crippen LogP contribution < -0.4 is 0 Å². The third-order valence-corrected chi connectivity index (χ3v) is 2.56. The van der Waals surface area contributed by atoms with E-state index in [0.717, 1.165) is 5.56 Å². The van der Waals surface area contributed by atoms with E-state index in [4.69, 9.17) is 14.8 Å². The van der Waals surface area contributed by atoms with Crippen LogP contribution in [0.5, 0.6) is 0 Å². The van der Waals surface area contributed by atoms with Crippen LogP contribution in [-0.2, 0) is 19.7 Å². The van der Waals surface area contributed by atoms with Gasteiger partial charge in [-0.25, -0.2) is 9.59 Å². The van der Waals surface area contributed by atoms with Crippen molar-refractivity contribution in [1.29, 1.82) is 0 Å². The van der Waals surface area contributed by atoms with Gasteiger partial charge in [-0.2, -0.15) is 8.42 Å². The van der Waals surface area contributed by atoms with Gasteiger partial charge in [0.1, 0.15) is 0 Å². The van der Waals surface area contributed by atoms with Gasteiger partial charge in [-0.3, -0.25) is 4.55 Å². The minimum absolute atomic E-state index is 0.0666. The third kappa shape index (κ3) is 8.52. The lowest BCUT2D eigenvalue weighted by molar-refractivity contribution is -0.134. The molecule has 0 radical (unpaired) electrons. The summed E-state index contributed by atoms with van der Waals surface area (Å²) in [7, 11) is -4.02. The Morgan fingerprint density at radius 3 is 1.63 bits per heavy atom. The zero-order valence-corrected chi connectivity index (χ0v) is 10.7. The molecule has 19 heavy (non-hydrogen) atoms. The highest BCUT2D eigenvalue weighted by atomic mass is 32.2. The van der Waals surface area contributed by atoms with Crippen LogP contribution in [0.2, 0.25) is 0 Å². The molecule has 0 amide bonds. The molecule has 1 rings (SSSR count). The van der Waals surface area contributed by atoms with Crippen LogP contribution in [0.15, 0.2) is 41.3 Å². The largest absolute Gasteiger partial charge is 0.478 e. The monoisotopic (exact) mass is 288 g/mol. The first kappa shape index (κ1) is 16.8. The fraction of sp³-hybridized carbons (Fsp3) is 0.0909. The predicted molar refractivity (Wildman–Crippen MR) is 65.4 cm³/mol. The molecule has 0 spiro atoms. The maximum Gasteiger partial charge on any atom is 0.328 e. The van der Waals surface area contributed by atoms with Crippen molar-refractivity contribution in [3.05, 3.63) is 42.0 Å². The zero-order valence-electron chi connectivity index (χ0n) is 9.85. The number of benzene rings is 1. The van der Waals surface area contributed by atoms with Crippen molar-refractivity contribution in [3.63, 3.8) is 0 Å². The fourth-order valence-corrected chi connectivity index (χ4v) is 1.33. The Bertz CT molecular complexity index is 554. The van der Waals surface area contributed by atoms with Crippen molar-refractivity contribution in [2.24, 2.45) is 0 Å². The minimum Gasteiger partial charge on any atom is -0.478 e. The van der Waals surface area contributed by atoms with E-state index in [1.807, 2.05) is 6.92 Å². The lowest BCUT2D eigenvalue weighted by Crippen LogP contribution is -1.96. The fourth-order valence-electron chi connectivity index (χ4n) is 0.853. The molecule has 1 aromatic rings. The van der Waals surface area contributed by atoms with Gasteiger partial charge in [0, 0.05) is 12.2 Å². The third-order valence-electron chi connectivity index (χ3n) is 1.69. The molecular formula is C11H12O7S. The molecule has 1 aromatic carbocycles. The van der Waals surface area contributed by atoms with E-state index in [2.05, 4.69) is 0 Å². The van der Waals surface area contributed by atoms with Gasteiger partial charge in [-0.05, 0) is 19.1 Å². The quantitative estimate of drug-likeness (QED) is 0.557. The van der Waals surface area contributed by atoms with Gasteiger partial charge in [-0.15, -0.1) is 0 Å². The number of rotatable bonds is 3. The highest BCUT2D eigenvalue weighted by Crippen LogP contribution is 2.08. The van der Waals surface area contributed by atoms with Crippen LogP contribution in [-0.4, -0.2) is 35.1 Å². The summed E-state index contributed by atoms with van der Waals surface area (Å²) < 4.78 is 29.6. The molecule has 0 aliphatic heterocycles. The molecular weight excluding hydrogens is 276 g/mol. The van der Waals surface area contributed by atoms with E-state index in [1.54, 1.807) is 12.1 Å². The second kappa shape index (κ2) is 7.29. The van der Waals surface area contributed by atoms with Gasteiger partial charge >= 0.3 is 11.9 Å². The van der Waals surface area contributed by atoms with Crippen LogP contribution in [0.25, 0.3) is 0 Å². The molecule has 0 heterocycles. The molecule has 0 aliphatic rings. The molecule has 0 aliphatic carbocycles. The standard InChI is InChI=1S/C7H8O3S.C4H4O4/c1-6-2-4-7(5-3-6)11(8,9)10;5-3(6)1-2-4(7)8/h2-5H,1H3,(H,8,9,10);1-2H,(H,5,6)(H,7,8). The van der Waals surface area contributed by atoms with Gasteiger partial charge in [0.15, 0.2) is 0 Å². The summed E-state index contributed by atoms with van der Waals surface area (Å²) in [6, 6.07) is 5.99. The average molecular weight is 288 g/mol. The summed E-state index contributed by atoms with van der Waals surface area (Å²) in [5.41, 5.74) is 0.956. The van der Waals surface area contributed by atoms with E-state index in [-0.39, 0.29) is 4.90 Å². The number of hydrogen-bond donors (Lipinski definition) is 3. The van der Waals surface area contributed by atoms with E-state index < -0.39 is 22.1 Å². The Morgan fingerprint density at radius 2 is 1.37 bits per heavy atom. The molecule has 0 unspecified atom stereocenters. The minimum atomic E-state index is -4.02. The smallest absolute Gasteiger partial charge is 0.328 e. The highest BCUT2D eigenvalue weighted by Gasteiger charge is 2.06. The summed E-state index contributed by atoms with van der Waals surface area (Å²) in [5.74, 6) is -2.51. The van der Waals surface area contributed by atoms with E-state index in [9.17, 15) is 18.0 Å². The molecule has 0 aromatic heterocycles. The predicted octanol–water partition coefficient (Wildman–Crippen LogP) is 0.954. The van der Waals surface area contributed by atoms with Crippen LogP contribution >= 0.6 is 0 Å². The number of carboxylic acids is 2. The lowest BCUT2D eigenvalue weighted by Gasteiger charge is -1.95. The number of aliphatic carboxylic acids is 2.